The monoisotopic (exact) mass is 359 g/mol. The molecular formula is C20H22ClNO3. The van der Waals surface area contributed by atoms with E-state index in [0.29, 0.717) is 5.02 Å². The van der Waals surface area contributed by atoms with Crippen LogP contribution >= 0.6 is 11.6 Å². The average Bonchev–Trinajstić information content (AvgIpc) is 2.62. The summed E-state index contributed by atoms with van der Waals surface area (Å²) < 4.78 is 5.03. The predicted molar refractivity (Wildman–Crippen MR) is 98.5 cm³/mol. The highest BCUT2D eigenvalue weighted by Crippen LogP contribution is 2.14. The molecule has 2 aromatic rings. The summed E-state index contributed by atoms with van der Waals surface area (Å²) in [7, 11) is 0. The molecule has 0 bridgehead atoms. The van der Waals surface area contributed by atoms with Crippen LogP contribution in [0.4, 0.5) is 0 Å². The number of aryl methyl sites for hydroxylation is 1. The van der Waals surface area contributed by atoms with Crippen molar-refractivity contribution in [3.63, 3.8) is 0 Å². The largest absolute Gasteiger partial charge is 0.455 e. The average molecular weight is 360 g/mol. The molecule has 5 heteroatoms. The number of carbonyl (C=O) groups excluding carboxylic acids is 2. The molecule has 0 spiro atoms. The van der Waals surface area contributed by atoms with Crippen molar-refractivity contribution >= 4 is 23.5 Å². The van der Waals surface area contributed by atoms with Crippen LogP contribution in [0.5, 0.6) is 0 Å². The number of hydrogen-bond donors (Lipinski definition) is 1. The second-order valence-corrected chi connectivity index (χ2v) is 6.28. The molecule has 0 fully saturated rings. The van der Waals surface area contributed by atoms with Gasteiger partial charge in [-0.1, -0.05) is 54.9 Å². The summed E-state index contributed by atoms with van der Waals surface area (Å²) >= 11 is 5.80. The van der Waals surface area contributed by atoms with Gasteiger partial charge in [0.25, 0.3) is 5.91 Å². The number of benzene rings is 2. The van der Waals surface area contributed by atoms with Crippen LogP contribution in [0, 0.1) is 0 Å². The van der Waals surface area contributed by atoms with Gasteiger partial charge < -0.3 is 10.1 Å². The number of rotatable bonds is 7. The Morgan fingerprint density at radius 2 is 1.64 bits per heavy atom. The van der Waals surface area contributed by atoms with E-state index >= 15 is 0 Å². The molecule has 0 unspecified atom stereocenters. The van der Waals surface area contributed by atoms with Crippen LogP contribution in [-0.4, -0.2) is 18.5 Å². The lowest BCUT2D eigenvalue weighted by molar-refractivity contribution is -0.148. The minimum absolute atomic E-state index is 0.110. The normalized spacial score (nSPS) is 11.6. The van der Waals surface area contributed by atoms with Gasteiger partial charge >= 0.3 is 5.97 Å². The second kappa shape index (κ2) is 9.23. The van der Waals surface area contributed by atoms with Crippen molar-refractivity contribution in [1.29, 1.82) is 0 Å². The fraction of sp³-hybridized carbons (Fsp3) is 0.300. The van der Waals surface area contributed by atoms with E-state index in [1.54, 1.807) is 24.3 Å². The zero-order chi connectivity index (χ0) is 18.2. The summed E-state index contributed by atoms with van der Waals surface area (Å²) in [5, 5.41) is 3.44. The van der Waals surface area contributed by atoms with Gasteiger partial charge in [0.1, 0.15) is 0 Å². The summed E-state index contributed by atoms with van der Waals surface area (Å²) in [5.74, 6) is -0.769. The Balaban J connectivity index is 1.77. The molecular weight excluding hydrogens is 338 g/mol. The Morgan fingerprint density at radius 1 is 1.04 bits per heavy atom. The molecule has 0 radical (unpaired) electrons. The smallest absolute Gasteiger partial charge is 0.310 e. The van der Waals surface area contributed by atoms with Gasteiger partial charge in [0.2, 0.25) is 0 Å². The molecule has 2 aromatic carbocycles. The minimum atomic E-state index is -0.447. The van der Waals surface area contributed by atoms with Crippen molar-refractivity contribution in [2.75, 3.05) is 6.61 Å². The molecule has 1 atom stereocenters. The Morgan fingerprint density at radius 3 is 2.24 bits per heavy atom. The molecule has 0 aromatic heterocycles. The lowest BCUT2D eigenvalue weighted by atomic mass is 10.1. The first-order valence-electron chi connectivity index (χ1n) is 8.26. The third-order valence-corrected chi connectivity index (χ3v) is 4.14. The van der Waals surface area contributed by atoms with Crippen LogP contribution in [0.15, 0.2) is 48.5 Å². The highest BCUT2D eigenvalue weighted by molar-refractivity contribution is 6.30. The topological polar surface area (TPSA) is 55.4 Å². The van der Waals surface area contributed by atoms with Crippen LogP contribution < -0.4 is 5.32 Å². The van der Waals surface area contributed by atoms with E-state index in [-0.39, 0.29) is 25.0 Å². The molecule has 1 N–H and O–H groups in total. The van der Waals surface area contributed by atoms with E-state index in [1.165, 1.54) is 5.56 Å². The molecule has 0 aliphatic carbocycles. The Bertz CT molecular complexity index is 711. The number of nitrogens with one attached hydrogen (secondary N) is 1. The third kappa shape index (κ3) is 6.24. The number of hydrogen-bond acceptors (Lipinski definition) is 3. The standard InChI is InChI=1S/C20H22ClNO3/c1-3-15-4-8-17(9-5-15)14(2)22-19(23)13-25-20(24)12-16-6-10-18(21)11-7-16/h4-11,14H,3,12-13H2,1-2H3,(H,22,23)/t14-/m0/s1. The molecule has 0 aliphatic rings. The van der Waals surface area contributed by atoms with Gasteiger partial charge in [-0.3, -0.25) is 9.59 Å². The first-order valence-corrected chi connectivity index (χ1v) is 8.64. The second-order valence-electron chi connectivity index (χ2n) is 5.85. The van der Waals surface area contributed by atoms with Gasteiger partial charge in [-0.2, -0.15) is 0 Å². The number of ether oxygens (including phenoxy) is 1. The molecule has 0 heterocycles. The maximum atomic E-state index is 11.9. The van der Waals surface area contributed by atoms with Crippen molar-refractivity contribution < 1.29 is 14.3 Å². The van der Waals surface area contributed by atoms with Crippen molar-refractivity contribution in [2.24, 2.45) is 0 Å². The van der Waals surface area contributed by atoms with Crippen molar-refractivity contribution in [2.45, 2.75) is 32.7 Å². The molecule has 132 valence electrons. The maximum absolute atomic E-state index is 11.9. The molecule has 25 heavy (non-hydrogen) atoms. The predicted octanol–water partition coefficient (Wildman–Crippen LogP) is 3.87. The SMILES string of the molecule is CCc1ccc([C@H](C)NC(=O)COC(=O)Cc2ccc(Cl)cc2)cc1. The van der Waals surface area contributed by atoms with E-state index in [9.17, 15) is 9.59 Å². The molecule has 4 nitrogen and oxygen atoms in total. The number of esters is 1. The summed E-state index contributed by atoms with van der Waals surface area (Å²) in [6.45, 7) is 3.71. The maximum Gasteiger partial charge on any atom is 0.310 e. The molecule has 0 saturated carbocycles. The van der Waals surface area contributed by atoms with Crippen molar-refractivity contribution in [3.05, 3.63) is 70.2 Å². The zero-order valence-electron chi connectivity index (χ0n) is 14.4. The van der Waals surface area contributed by atoms with Crippen LogP contribution in [0.1, 0.15) is 36.6 Å². The highest BCUT2D eigenvalue weighted by atomic mass is 35.5. The van der Waals surface area contributed by atoms with Crippen molar-refractivity contribution in [1.82, 2.24) is 5.32 Å². The van der Waals surface area contributed by atoms with E-state index in [1.807, 2.05) is 31.2 Å². The van der Waals surface area contributed by atoms with E-state index < -0.39 is 5.97 Å². The summed E-state index contributed by atoms with van der Waals surface area (Å²) in [6.07, 6.45) is 1.09. The quantitative estimate of drug-likeness (QED) is 0.763. The highest BCUT2D eigenvalue weighted by Gasteiger charge is 2.12. The molecule has 2 rings (SSSR count). The van der Waals surface area contributed by atoms with Crippen molar-refractivity contribution in [3.8, 4) is 0 Å². The van der Waals surface area contributed by atoms with Crippen LogP contribution in [0.2, 0.25) is 5.02 Å². The van der Waals surface area contributed by atoms with Gasteiger partial charge in [0, 0.05) is 5.02 Å². The van der Waals surface area contributed by atoms with Gasteiger partial charge in [-0.05, 0) is 42.2 Å². The Labute approximate surface area is 153 Å². The molecule has 0 saturated heterocycles. The van der Waals surface area contributed by atoms with Gasteiger partial charge in [0.05, 0.1) is 12.5 Å². The van der Waals surface area contributed by atoms with E-state index in [4.69, 9.17) is 16.3 Å². The Hall–Kier alpha value is -2.33. The van der Waals surface area contributed by atoms with Crippen LogP contribution in [-0.2, 0) is 27.2 Å². The number of amides is 1. The first-order chi connectivity index (χ1) is 12.0. The number of halogens is 1. The zero-order valence-corrected chi connectivity index (χ0v) is 15.2. The fourth-order valence-electron chi connectivity index (χ4n) is 2.37. The molecule has 0 aliphatic heterocycles. The third-order valence-electron chi connectivity index (χ3n) is 3.89. The first kappa shape index (κ1) is 19.0. The molecule has 1 amide bonds. The van der Waals surface area contributed by atoms with Crippen LogP contribution in [0.25, 0.3) is 0 Å². The number of carbonyl (C=O) groups is 2. The Kier molecular flexibility index (Phi) is 7.02. The van der Waals surface area contributed by atoms with E-state index in [0.717, 1.165) is 17.5 Å². The van der Waals surface area contributed by atoms with Gasteiger partial charge in [-0.15, -0.1) is 0 Å². The summed E-state index contributed by atoms with van der Waals surface area (Å²) in [6, 6.07) is 14.9. The fourth-order valence-corrected chi connectivity index (χ4v) is 2.50. The minimum Gasteiger partial charge on any atom is -0.455 e. The van der Waals surface area contributed by atoms with Gasteiger partial charge in [0.15, 0.2) is 6.61 Å². The lowest BCUT2D eigenvalue weighted by Gasteiger charge is -2.15. The summed E-state index contributed by atoms with van der Waals surface area (Å²) in [4.78, 5) is 23.7. The lowest BCUT2D eigenvalue weighted by Crippen LogP contribution is -2.31. The van der Waals surface area contributed by atoms with Gasteiger partial charge in [-0.25, -0.2) is 0 Å². The van der Waals surface area contributed by atoms with E-state index in [2.05, 4.69) is 12.2 Å². The van der Waals surface area contributed by atoms with Crippen LogP contribution in [0.3, 0.4) is 0 Å². The summed E-state index contributed by atoms with van der Waals surface area (Å²) in [5.41, 5.74) is 3.05.